The Morgan fingerprint density at radius 2 is 1.96 bits per heavy atom. The zero-order valence-electron chi connectivity index (χ0n) is 13.7. The molecule has 0 atom stereocenters. The van der Waals surface area contributed by atoms with E-state index in [9.17, 15) is 4.79 Å². The van der Waals surface area contributed by atoms with Crippen LogP contribution in [0.1, 0.15) is 17.4 Å². The quantitative estimate of drug-likeness (QED) is 0.661. The summed E-state index contributed by atoms with van der Waals surface area (Å²) in [6, 6.07) is 11.0. The molecule has 2 aromatic heterocycles. The fraction of sp³-hybridized carbons (Fsp3) is 0.158. The first-order chi connectivity index (χ1) is 12.7. The van der Waals surface area contributed by atoms with Gasteiger partial charge in [0.2, 0.25) is 17.6 Å². The van der Waals surface area contributed by atoms with E-state index in [1.54, 1.807) is 29.4 Å². The Labute approximate surface area is 155 Å². The molecule has 130 valence electrons. The van der Waals surface area contributed by atoms with E-state index < -0.39 is 0 Å². The molecule has 0 radical (unpaired) electrons. The fourth-order valence-electron chi connectivity index (χ4n) is 2.71. The lowest BCUT2D eigenvalue weighted by molar-refractivity contribution is -0.130. The summed E-state index contributed by atoms with van der Waals surface area (Å²) < 4.78 is 5.34. The molecule has 6 nitrogen and oxygen atoms in total. The molecule has 4 rings (SSSR count). The first-order valence-electron chi connectivity index (χ1n) is 8.16. The Bertz CT molecular complexity index is 949. The Morgan fingerprint density at radius 3 is 2.73 bits per heavy atom. The molecule has 1 aromatic carbocycles. The number of aromatic nitrogens is 3. The fourth-order valence-corrected chi connectivity index (χ4v) is 2.91. The number of carbonyl (C=O) groups is 1. The lowest BCUT2D eigenvalue weighted by Crippen LogP contribution is -2.47. The third-order valence-corrected chi connectivity index (χ3v) is 4.58. The van der Waals surface area contributed by atoms with Crippen LogP contribution in [0.3, 0.4) is 0 Å². The summed E-state index contributed by atoms with van der Waals surface area (Å²) in [5.41, 5.74) is 1.67. The minimum atomic E-state index is -0.0601. The van der Waals surface area contributed by atoms with E-state index in [-0.39, 0.29) is 11.8 Å². The number of nitrogens with zero attached hydrogens (tertiary/aromatic N) is 4. The van der Waals surface area contributed by atoms with Crippen molar-refractivity contribution in [3.8, 4) is 11.4 Å². The highest BCUT2D eigenvalue weighted by atomic mass is 35.5. The molecule has 1 aliphatic rings. The average molecular weight is 367 g/mol. The molecule has 0 N–H and O–H groups in total. The molecule has 1 fully saturated rings. The molecule has 1 amide bonds. The molecule has 0 unspecified atom stereocenters. The van der Waals surface area contributed by atoms with Crippen LogP contribution in [0.4, 0.5) is 0 Å². The van der Waals surface area contributed by atoms with Crippen molar-refractivity contribution in [2.75, 3.05) is 13.1 Å². The molecular weight excluding hydrogens is 352 g/mol. The van der Waals surface area contributed by atoms with Crippen molar-refractivity contribution in [3.63, 3.8) is 0 Å². The van der Waals surface area contributed by atoms with Gasteiger partial charge in [-0.05, 0) is 29.8 Å². The highest BCUT2D eigenvalue weighted by Gasteiger charge is 2.34. The van der Waals surface area contributed by atoms with Crippen molar-refractivity contribution < 1.29 is 9.32 Å². The summed E-state index contributed by atoms with van der Waals surface area (Å²) in [5.74, 6) is 1.09. The van der Waals surface area contributed by atoms with Gasteiger partial charge in [-0.15, -0.1) is 0 Å². The van der Waals surface area contributed by atoms with Gasteiger partial charge in [-0.25, -0.2) is 0 Å². The van der Waals surface area contributed by atoms with Crippen LogP contribution < -0.4 is 0 Å². The van der Waals surface area contributed by atoms with E-state index in [0.29, 0.717) is 29.8 Å². The highest BCUT2D eigenvalue weighted by molar-refractivity contribution is 6.32. The maximum Gasteiger partial charge on any atom is 0.246 e. The molecular formula is C19H15ClN4O2. The Morgan fingerprint density at radius 1 is 1.19 bits per heavy atom. The second-order valence-corrected chi connectivity index (χ2v) is 6.39. The summed E-state index contributed by atoms with van der Waals surface area (Å²) in [6.45, 7) is 1.12. The molecule has 0 saturated carbocycles. The highest BCUT2D eigenvalue weighted by Crippen LogP contribution is 2.28. The van der Waals surface area contributed by atoms with Crippen LogP contribution in [0.2, 0.25) is 5.02 Å². The minimum Gasteiger partial charge on any atom is -0.339 e. The number of rotatable bonds is 4. The summed E-state index contributed by atoms with van der Waals surface area (Å²) in [6.07, 6.45) is 6.63. The lowest BCUT2D eigenvalue weighted by Gasteiger charge is -2.36. The number of hydrogen-bond acceptors (Lipinski definition) is 5. The standard InChI is InChI=1S/C19H15ClN4O2/c20-16-4-2-1-3-13(16)5-6-17(25)24-11-15(12-24)19-22-18(23-26-19)14-7-9-21-10-8-14/h1-10,15H,11-12H2. The van der Waals surface area contributed by atoms with Crippen LogP contribution in [0, 0.1) is 0 Å². The van der Waals surface area contributed by atoms with Gasteiger partial charge < -0.3 is 9.42 Å². The van der Waals surface area contributed by atoms with Gasteiger partial charge in [-0.2, -0.15) is 4.98 Å². The summed E-state index contributed by atoms with van der Waals surface area (Å²) in [4.78, 5) is 22.4. The van der Waals surface area contributed by atoms with Gasteiger partial charge in [0.25, 0.3) is 0 Å². The van der Waals surface area contributed by atoms with Crippen LogP contribution in [0.15, 0.2) is 59.4 Å². The van der Waals surface area contributed by atoms with E-state index in [2.05, 4.69) is 15.1 Å². The van der Waals surface area contributed by atoms with E-state index >= 15 is 0 Å². The molecule has 3 aromatic rings. The maximum atomic E-state index is 12.2. The second-order valence-electron chi connectivity index (χ2n) is 5.99. The van der Waals surface area contributed by atoms with Crippen molar-refractivity contribution in [3.05, 3.63) is 71.3 Å². The minimum absolute atomic E-state index is 0.0601. The smallest absolute Gasteiger partial charge is 0.246 e. The maximum absolute atomic E-state index is 12.2. The number of halogens is 1. The molecule has 7 heteroatoms. The van der Waals surface area contributed by atoms with E-state index in [1.165, 1.54) is 6.08 Å². The zero-order valence-corrected chi connectivity index (χ0v) is 14.5. The van der Waals surface area contributed by atoms with Crippen molar-refractivity contribution in [1.29, 1.82) is 0 Å². The summed E-state index contributed by atoms with van der Waals surface area (Å²) >= 11 is 6.08. The second kappa shape index (κ2) is 7.09. The molecule has 1 saturated heterocycles. The number of pyridine rings is 1. The van der Waals surface area contributed by atoms with Gasteiger partial charge in [0.15, 0.2) is 0 Å². The van der Waals surface area contributed by atoms with Crippen LogP contribution >= 0.6 is 11.6 Å². The van der Waals surface area contributed by atoms with E-state index in [1.807, 2.05) is 30.3 Å². The van der Waals surface area contributed by atoms with Crippen LogP contribution in [-0.2, 0) is 4.79 Å². The number of carbonyl (C=O) groups excluding carboxylic acids is 1. The van der Waals surface area contributed by atoms with Crippen molar-refractivity contribution >= 4 is 23.6 Å². The third kappa shape index (κ3) is 3.36. The first-order valence-corrected chi connectivity index (χ1v) is 8.54. The van der Waals surface area contributed by atoms with Gasteiger partial charge in [0.1, 0.15) is 0 Å². The van der Waals surface area contributed by atoms with Gasteiger partial charge in [0.05, 0.1) is 5.92 Å². The van der Waals surface area contributed by atoms with Gasteiger partial charge in [0, 0.05) is 42.1 Å². The molecule has 0 spiro atoms. The number of hydrogen-bond donors (Lipinski definition) is 0. The van der Waals surface area contributed by atoms with Crippen molar-refractivity contribution in [2.24, 2.45) is 0 Å². The van der Waals surface area contributed by atoms with Crippen molar-refractivity contribution in [1.82, 2.24) is 20.0 Å². The van der Waals surface area contributed by atoms with Crippen molar-refractivity contribution in [2.45, 2.75) is 5.92 Å². The zero-order chi connectivity index (χ0) is 17.9. The SMILES string of the molecule is O=C(C=Cc1ccccc1Cl)N1CC(c2nc(-c3ccncc3)no2)C1. The first kappa shape index (κ1) is 16.5. The Kier molecular flexibility index (Phi) is 4.50. The largest absolute Gasteiger partial charge is 0.339 e. The van der Waals surface area contributed by atoms with Crippen LogP contribution in [-0.4, -0.2) is 39.0 Å². The van der Waals surface area contributed by atoms with Gasteiger partial charge >= 0.3 is 0 Å². The van der Waals surface area contributed by atoms with Crippen LogP contribution in [0.5, 0.6) is 0 Å². The Balaban J connectivity index is 1.36. The van der Waals surface area contributed by atoms with E-state index in [4.69, 9.17) is 16.1 Å². The number of benzene rings is 1. The number of amides is 1. The normalized spacial score (nSPS) is 14.6. The molecule has 26 heavy (non-hydrogen) atoms. The number of likely N-dealkylation sites (tertiary alicyclic amines) is 1. The monoisotopic (exact) mass is 366 g/mol. The lowest BCUT2D eigenvalue weighted by atomic mass is 10.00. The molecule has 1 aliphatic heterocycles. The molecule has 3 heterocycles. The summed E-state index contributed by atoms with van der Waals surface area (Å²) in [5, 5.41) is 4.62. The van der Waals surface area contributed by atoms with Gasteiger partial charge in [-0.1, -0.05) is 35.0 Å². The Hall–Kier alpha value is -2.99. The summed E-state index contributed by atoms with van der Waals surface area (Å²) in [7, 11) is 0. The predicted molar refractivity (Wildman–Crippen MR) is 97.3 cm³/mol. The molecule has 0 aliphatic carbocycles. The average Bonchev–Trinajstić information content (AvgIpc) is 3.10. The van der Waals surface area contributed by atoms with Crippen LogP contribution in [0.25, 0.3) is 17.5 Å². The van der Waals surface area contributed by atoms with E-state index in [0.717, 1.165) is 11.1 Å². The topological polar surface area (TPSA) is 72.1 Å². The molecule has 0 bridgehead atoms. The predicted octanol–water partition coefficient (Wildman–Crippen LogP) is 3.42. The van der Waals surface area contributed by atoms with Gasteiger partial charge in [-0.3, -0.25) is 9.78 Å². The third-order valence-electron chi connectivity index (χ3n) is 4.23.